The SMILES string of the molecule is CC(=O)O.CCOC(=O)C(C)(c1ccc(CC(C)C)cc1)N(CC)CC. The smallest absolute Gasteiger partial charge is 0.330 e. The molecular formula is C21H35NO4. The second-order valence-corrected chi connectivity index (χ2v) is 6.78. The molecule has 0 bridgehead atoms. The van der Waals surface area contributed by atoms with E-state index in [-0.39, 0.29) is 5.97 Å². The van der Waals surface area contributed by atoms with Crippen molar-refractivity contribution in [2.75, 3.05) is 19.7 Å². The topological polar surface area (TPSA) is 66.8 Å². The van der Waals surface area contributed by atoms with Crippen LogP contribution in [0.5, 0.6) is 0 Å². The maximum Gasteiger partial charge on any atom is 0.330 e. The normalized spacial score (nSPS) is 13.0. The number of esters is 1. The molecule has 5 heteroatoms. The Kier molecular flexibility index (Phi) is 10.8. The summed E-state index contributed by atoms with van der Waals surface area (Å²) >= 11 is 0. The van der Waals surface area contributed by atoms with Gasteiger partial charge in [0.15, 0.2) is 0 Å². The highest BCUT2D eigenvalue weighted by atomic mass is 16.5. The molecule has 0 heterocycles. The summed E-state index contributed by atoms with van der Waals surface area (Å²) in [6.45, 7) is 15.5. The highest BCUT2D eigenvalue weighted by Crippen LogP contribution is 2.30. The number of likely N-dealkylation sites (N-methyl/N-ethyl adjacent to an activating group) is 1. The van der Waals surface area contributed by atoms with Crippen LogP contribution in [0.1, 0.15) is 59.6 Å². The summed E-state index contributed by atoms with van der Waals surface area (Å²) in [5.41, 5.74) is 1.59. The van der Waals surface area contributed by atoms with E-state index >= 15 is 0 Å². The van der Waals surface area contributed by atoms with Gasteiger partial charge in [-0.25, -0.2) is 4.79 Å². The molecule has 0 aromatic heterocycles. The van der Waals surface area contributed by atoms with E-state index in [1.165, 1.54) is 5.56 Å². The summed E-state index contributed by atoms with van der Waals surface area (Å²) in [5.74, 6) is -0.375. The minimum absolute atomic E-state index is 0.171. The highest BCUT2D eigenvalue weighted by Gasteiger charge is 2.41. The van der Waals surface area contributed by atoms with Gasteiger partial charge < -0.3 is 9.84 Å². The van der Waals surface area contributed by atoms with Gasteiger partial charge in [-0.05, 0) is 50.4 Å². The average molecular weight is 366 g/mol. The first-order valence-electron chi connectivity index (χ1n) is 9.34. The van der Waals surface area contributed by atoms with Crippen LogP contribution in [0.25, 0.3) is 0 Å². The molecule has 0 amide bonds. The number of hydrogen-bond acceptors (Lipinski definition) is 4. The molecule has 1 aromatic carbocycles. The average Bonchev–Trinajstić information content (AvgIpc) is 2.55. The van der Waals surface area contributed by atoms with Crippen LogP contribution in [0.3, 0.4) is 0 Å². The van der Waals surface area contributed by atoms with Crippen LogP contribution < -0.4 is 0 Å². The zero-order valence-corrected chi connectivity index (χ0v) is 17.3. The van der Waals surface area contributed by atoms with Crippen LogP contribution in [0.4, 0.5) is 0 Å². The van der Waals surface area contributed by atoms with Crippen molar-refractivity contribution >= 4 is 11.9 Å². The molecule has 1 aromatic rings. The molecule has 148 valence electrons. The Hall–Kier alpha value is -1.88. The molecule has 0 saturated carbocycles. The number of benzene rings is 1. The van der Waals surface area contributed by atoms with Gasteiger partial charge >= 0.3 is 5.97 Å². The van der Waals surface area contributed by atoms with Crippen molar-refractivity contribution in [2.24, 2.45) is 5.92 Å². The Morgan fingerprint density at radius 2 is 1.58 bits per heavy atom. The van der Waals surface area contributed by atoms with Crippen LogP contribution in [0.15, 0.2) is 24.3 Å². The molecule has 1 unspecified atom stereocenters. The van der Waals surface area contributed by atoms with E-state index in [0.29, 0.717) is 12.5 Å². The van der Waals surface area contributed by atoms with E-state index in [9.17, 15) is 4.79 Å². The van der Waals surface area contributed by atoms with E-state index in [1.807, 2.05) is 13.8 Å². The minimum Gasteiger partial charge on any atom is -0.481 e. The van der Waals surface area contributed by atoms with Crippen LogP contribution in [-0.4, -0.2) is 41.6 Å². The Morgan fingerprint density at radius 3 is 1.92 bits per heavy atom. The Morgan fingerprint density at radius 1 is 1.12 bits per heavy atom. The van der Waals surface area contributed by atoms with E-state index in [0.717, 1.165) is 32.0 Å². The van der Waals surface area contributed by atoms with Gasteiger partial charge in [-0.2, -0.15) is 0 Å². The molecule has 0 fully saturated rings. The van der Waals surface area contributed by atoms with Gasteiger partial charge in [0.05, 0.1) is 6.61 Å². The first-order chi connectivity index (χ1) is 12.1. The fraction of sp³-hybridized carbons (Fsp3) is 0.619. The molecular weight excluding hydrogens is 330 g/mol. The van der Waals surface area contributed by atoms with Crippen molar-refractivity contribution in [3.05, 3.63) is 35.4 Å². The molecule has 26 heavy (non-hydrogen) atoms. The number of nitrogens with zero attached hydrogens (tertiary/aromatic N) is 1. The number of hydrogen-bond donors (Lipinski definition) is 1. The number of rotatable bonds is 8. The molecule has 1 rings (SSSR count). The lowest BCUT2D eigenvalue weighted by atomic mass is 9.88. The number of carbonyl (C=O) groups is 2. The fourth-order valence-corrected chi connectivity index (χ4v) is 2.99. The molecule has 0 spiro atoms. The summed E-state index contributed by atoms with van der Waals surface area (Å²) < 4.78 is 5.36. The summed E-state index contributed by atoms with van der Waals surface area (Å²) in [6, 6.07) is 8.42. The zero-order valence-electron chi connectivity index (χ0n) is 17.3. The largest absolute Gasteiger partial charge is 0.481 e. The van der Waals surface area contributed by atoms with Gasteiger partial charge in [0.25, 0.3) is 5.97 Å². The predicted molar refractivity (Wildman–Crippen MR) is 105 cm³/mol. The predicted octanol–water partition coefficient (Wildman–Crippen LogP) is 4.10. The summed E-state index contributed by atoms with van der Waals surface area (Å²) in [4.78, 5) is 23.8. The van der Waals surface area contributed by atoms with Crippen molar-refractivity contribution in [1.82, 2.24) is 4.90 Å². The number of ether oxygens (including phenoxy) is 1. The first-order valence-corrected chi connectivity index (χ1v) is 9.34. The second kappa shape index (κ2) is 11.7. The van der Waals surface area contributed by atoms with Crippen molar-refractivity contribution in [2.45, 2.75) is 60.4 Å². The van der Waals surface area contributed by atoms with E-state index in [2.05, 4.69) is 56.9 Å². The molecule has 1 N–H and O–H groups in total. The quantitative estimate of drug-likeness (QED) is 0.703. The molecule has 1 atom stereocenters. The zero-order chi connectivity index (χ0) is 20.3. The Balaban J connectivity index is 0.00000141. The third kappa shape index (κ3) is 7.16. The van der Waals surface area contributed by atoms with Crippen molar-refractivity contribution in [3.8, 4) is 0 Å². The third-order valence-corrected chi connectivity index (χ3v) is 4.23. The maximum atomic E-state index is 12.6. The minimum atomic E-state index is -0.833. The Bertz CT molecular complexity index is 546. The lowest BCUT2D eigenvalue weighted by Crippen LogP contribution is -2.50. The number of carbonyl (C=O) groups excluding carboxylic acids is 1. The molecule has 0 radical (unpaired) electrons. The Labute approximate surface area is 158 Å². The van der Waals surface area contributed by atoms with Gasteiger partial charge in [0.1, 0.15) is 5.54 Å². The lowest BCUT2D eigenvalue weighted by molar-refractivity contribution is -0.157. The molecule has 0 aliphatic heterocycles. The van der Waals surface area contributed by atoms with Crippen LogP contribution >= 0.6 is 0 Å². The van der Waals surface area contributed by atoms with Gasteiger partial charge in [-0.1, -0.05) is 52.0 Å². The summed E-state index contributed by atoms with van der Waals surface area (Å²) in [6.07, 6.45) is 1.06. The lowest BCUT2D eigenvalue weighted by Gasteiger charge is -2.38. The molecule has 0 aliphatic rings. The van der Waals surface area contributed by atoms with E-state index in [4.69, 9.17) is 14.6 Å². The third-order valence-electron chi connectivity index (χ3n) is 4.23. The maximum absolute atomic E-state index is 12.6. The van der Waals surface area contributed by atoms with E-state index < -0.39 is 11.5 Å². The highest BCUT2D eigenvalue weighted by molar-refractivity contribution is 5.82. The van der Waals surface area contributed by atoms with Crippen LogP contribution in [0.2, 0.25) is 0 Å². The number of aliphatic carboxylic acids is 1. The fourth-order valence-electron chi connectivity index (χ4n) is 2.99. The van der Waals surface area contributed by atoms with E-state index in [1.54, 1.807) is 0 Å². The monoisotopic (exact) mass is 365 g/mol. The van der Waals surface area contributed by atoms with Crippen molar-refractivity contribution < 1.29 is 19.4 Å². The molecule has 5 nitrogen and oxygen atoms in total. The van der Waals surface area contributed by atoms with Gasteiger partial charge in [-0.3, -0.25) is 9.69 Å². The summed E-state index contributed by atoms with van der Waals surface area (Å²) in [5, 5.41) is 7.42. The standard InChI is InChI=1S/C19H31NO2.C2H4O2/c1-7-20(8-2)19(6,18(21)22-9-3)17-12-10-16(11-13-17)14-15(4)5;1-2(3)4/h10-13,15H,7-9,14H2,1-6H3;1H3,(H,3,4). The van der Waals surface area contributed by atoms with Gasteiger partial charge in [0.2, 0.25) is 0 Å². The van der Waals surface area contributed by atoms with Gasteiger partial charge in [0, 0.05) is 6.92 Å². The molecule has 0 saturated heterocycles. The second-order valence-electron chi connectivity index (χ2n) is 6.78. The molecule has 0 aliphatic carbocycles. The van der Waals surface area contributed by atoms with Crippen molar-refractivity contribution in [3.63, 3.8) is 0 Å². The van der Waals surface area contributed by atoms with Gasteiger partial charge in [-0.15, -0.1) is 0 Å². The number of carboxylic acid groups (broad SMARTS) is 1. The number of carboxylic acids is 1. The first kappa shape index (κ1) is 24.1. The van der Waals surface area contributed by atoms with Crippen LogP contribution in [-0.2, 0) is 26.3 Å². The summed E-state index contributed by atoms with van der Waals surface area (Å²) in [7, 11) is 0. The van der Waals surface area contributed by atoms with Crippen molar-refractivity contribution in [1.29, 1.82) is 0 Å². The van der Waals surface area contributed by atoms with Crippen LogP contribution in [0, 0.1) is 5.92 Å².